The number of nitrogens with zero attached hydrogens (tertiary/aromatic N) is 1. The van der Waals surface area contributed by atoms with E-state index in [0.717, 1.165) is 18.4 Å². The molecule has 134 valence electrons. The molecule has 0 spiro atoms. The Morgan fingerprint density at radius 3 is 1.91 bits per heavy atom. The molecule has 0 saturated carbocycles. The molecule has 0 radical (unpaired) electrons. The zero-order valence-corrected chi connectivity index (χ0v) is 16.1. The Balaban J connectivity index is -0.000000368. The van der Waals surface area contributed by atoms with E-state index >= 15 is 0 Å². The van der Waals surface area contributed by atoms with Gasteiger partial charge in [-0.15, -0.1) is 6.58 Å². The van der Waals surface area contributed by atoms with E-state index in [1.54, 1.807) is 12.2 Å². The van der Waals surface area contributed by atoms with Crippen molar-refractivity contribution in [2.45, 2.75) is 52.6 Å². The summed E-state index contributed by atoms with van der Waals surface area (Å²) in [4.78, 5) is 12.8. The normalized spacial score (nSPS) is 11.6. The molecule has 1 unspecified atom stereocenters. The van der Waals surface area contributed by atoms with Crippen LogP contribution in [0.4, 0.5) is 0 Å². The van der Waals surface area contributed by atoms with Crippen LogP contribution in [0.25, 0.3) is 0 Å². The second-order valence-electron chi connectivity index (χ2n) is 5.71. The van der Waals surface area contributed by atoms with Crippen molar-refractivity contribution in [2.24, 2.45) is 0 Å². The fourth-order valence-electron chi connectivity index (χ4n) is 1.46. The first-order valence-corrected chi connectivity index (χ1v) is 8.23. The molecule has 0 aliphatic carbocycles. The molecular formula is C20H38N2O. The summed E-state index contributed by atoms with van der Waals surface area (Å²) < 4.78 is 0. The standard InChI is InChI=1S/C12H19NO.C5H11N.C3H8/c1-5-7-11(6-2)8-12(9-14)13-10(3)4;1-4-5-6(2)3;1-3-2/h5-7,9-10,12-13H,1-2,8H2,3-4H3;4H,1,5H2,2-3H3;3H2,1-2H3/b11-7+;;. The molecule has 0 saturated heterocycles. The zero-order valence-electron chi connectivity index (χ0n) is 16.1. The third-order valence-corrected chi connectivity index (χ3v) is 2.26. The molecule has 3 heteroatoms. The van der Waals surface area contributed by atoms with E-state index in [0.29, 0.717) is 12.5 Å². The molecule has 0 bridgehead atoms. The molecule has 0 amide bonds. The third-order valence-electron chi connectivity index (χ3n) is 2.26. The largest absolute Gasteiger partial charge is 0.306 e. The van der Waals surface area contributed by atoms with Crippen molar-refractivity contribution in [1.82, 2.24) is 10.2 Å². The summed E-state index contributed by atoms with van der Waals surface area (Å²) in [6, 6.07) is 0.166. The zero-order chi connectivity index (χ0) is 18.7. The molecule has 1 N–H and O–H groups in total. The maximum absolute atomic E-state index is 10.7. The number of aldehydes is 1. The monoisotopic (exact) mass is 322 g/mol. The lowest BCUT2D eigenvalue weighted by atomic mass is 10.1. The Hall–Kier alpha value is -1.45. The van der Waals surface area contributed by atoms with Crippen molar-refractivity contribution in [2.75, 3.05) is 20.6 Å². The molecule has 1 atom stereocenters. The van der Waals surface area contributed by atoms with Crippen molar-refractivity contribution in [3.63, 3.8) is 0 Å². The lowest BCUT2D eigenvalue weighted by molar-refractivity contribution is -0.109. The number of hydrogen-bond acceptors (Lipinski definition) is 3. The first-order chi connectivity index (χ1) is 10.8. The summed E-state index contributed by atoms with van der Waals surface area (Å²) in [7, 11) is 4.03. The van der Waals surface area contributed by atoms with E-state index in [-0.39, 0.29) is 6.04 Å². The lowest BCUT2D eigenvalue weighted by Crippen LogP contribution is -2.36. The van der Waals surface area contributed by atoms with Gasteiger partial charge in [-0.1, -0.05) is 71.6 Å². The van der Waals surface area contributed by atoms with Crippen LogP contribution in [0, 0.1) is 0 Å². The molecule has 0 heterocycles. The molecule has 0 aromatic rings. The van der Waals surface area contributed by atoms with E-state index in [4.69, 9.17) is 0 Å². The van der Waals surface area contributed by atoms with Crippen LogP contribution >= 0.6 is 0 Å². The van der Waals surface area contributed by atoms with Crippen LogP contribution in [0.5, 0.6) is 0 Å². The van der Waals surface area contributed by atoms with Crippen molar-refractivity contribution in [3.8, 4) is 0 Å². The van der Waals surface area contributed by atoms with Gasteiger partial charge in [-0.3, -0.25) is 0 Å². The Labute approximate surface area is 144 Å². The van der Waals surface area contributed by atoms with Crippen molar-refractivity contribution in [1.29, 1.82) is 0 Å². The Morgan fingerprint density at radius 1 is 1.17 bits per heavy atom. The molecule has 0 aromatic carbocycles. The van der Waals surface area contributed by atoms with Crippen molar-refractivity contribution < 1.29 is 4.79 Å². The van der Waals surface area contributed by atoms with Crippen LogP contribution in [-0.4, -0.2) is 43.9 Å². The minimum absolute atomic E-state index is 0.140. The first-order valence-electron chi connectivity index (χ1n) is 8.23. The molecule has 23 heavy (non-hydrogen) atoms. The van der Waals surface area contributed by atoms with E-state index < -0.39 is 0 Å². The first kappa shape index (κ1) is 26.4. The highest BCUT2D eigenvalue weighted by Crippen LogP contribution is 2.06. The fraction of sp³-hybridized carbons (Fsp3) is 0.550. The molecule has 3 nitrogen and oxygen atoms in total. The topological polar surface area (TPSA) is 32.3 Å². The van der Waals surface area contributed by atoms with E-state index in [1.165, 1.54) is 6.42 Å². The highest BCUT2D eigenvalue weighted by atomic mass is 16.1. The summed E-state index contributed by atoms with van der Waals surface area (Å²) in [5.41, 5.74) is 1.02. The maximum atomic E-state index is 10.7. The van der Waals surface area contributed by atoms with E-state index in [9.17, 15) is 4.79 Å². The number of hydrogen-bond donors (Lipinski definition) is 1. The van der Waals surface area contributed by atoms with Gasteiger partial charge in [0.15, 0.2) is 0 Å². The van der Waals surface area contributed by atoms with Crippen LogP contribution in [0.2, 0.25) is 0 Å². The van der Waals surface area contributed by atoms with Gasteiger partial charge < -0.3 is 15.0 Å². The Morgan fingerprint density at radius 2 is 1.70 bits per heavy atom. The predicted molar refractivity (Wildman–Crippen MR) is 106 cm³/mol. The summed E-state index contributed by atoms with van der Waals surface area (Å²) in [5.74, 6) is 0. The van der Waals surface area contributed by atoms with Crippen LogP contribution in [0.15, 0.2) is 49.6 Å². The highest BCUT2D eigenvalue weighted by Gasteiger charge is 2.08. The van der Waals surface area contributed by atoms with Crippen LogP contribution < -0.4 is 5.32 Å². The van der Waals surface area contributed by atoms with Gasteiger partial charge in [0, 0.05) is 12.6 Å². The predicted octanol–water partition coefficient (Wildman–Crippen LogP) is 4.39. The Kier molecular flexibility index (Phi) is 23.6. The van der Waals surface area contributed by atoms with Crippen LogP contribution in [0.3, 0.4) is 0 Å². The number of allylic oxidation sites excluding steroid dienone is 3. The van der Waals surface area contributed by atoms with Crippen LogP contribution in [-0.2, 0) is 4.79 Å². The minimum atomic E-state index is -0.140. The minimum Gasteiger partial charge on any atom is -0.306 e. The van der Waals surface area contributed by atoms with Gasteiger partial charge in [0.05, 0.1) is 6.04 Å². The number of carbonyl (C=O) groups excluding carboxylic acids is 1. The fourth-order valence-corrected chi connectivity index (χ4v) is 1.46. The SMILES string of the molecule is C=C/C=C(\C=C)CC(C=O)NC(C)C.C=CCN(C)C.CCC. The van der Waals surface area contributed by atoms with Gasteiger partial charge in [-0.2, -0.15) is 0 Å². The molecule has 0 aliphatic rings. The van der Waals surface area contributed by atoms with E-state index in [1.807, 2.05) is 40.1 Å². The van der Waals surface area contributed by atoms with Gasteiger partial charge >= 0.3 is 0 Å². The van der Waals surface area contributed by atoms with Crippen LogP contribution in [0.1, 0.15) is 40.5 Å². The molecular weight excluding hydrogens is 284 g/mol. The third kappa shape index (κ3) is 25.8. The Bertz CT molecular complexity index is 331. The van der Waals surface area contributed by atoms with Gasteiger partial charge in [0.25, 0.3) is 0 Å². The van der Waals surface area contributed by atoms with Gasteiger partial charge in [-0.25, -0.2) is 0 Å². The maximum Gasteiger partial charge on any atom is 0.137 e. The summed E-state index contributed by atoms with van der Waals surface area (Å²) in [6.45, 7) is 20.1. The average Bonchev–Trinajstić information content (AvgIpc) is 2.46. The summed E-state index contributed by atoms with van der Waals surface area (Å²) in [5, 5.41) is 3.16. The average molecular weight is 323 g/mol. The van der Waals surface area contributed by atoms with E-state index in [2.05, 4.69) is 43.8 Å². The number of likely N-dealkylation sites (N-methyl/N-ethyl adjacent to an activating group) is 1. The second-order valence-corrected chi connectivity index (χ2v) is 5.71. The van der Waals surface area contributed by atoms with Gasteiger partial charge in [0.1, 0.15) is 6.29 Å². The molecule has 0 rings (SSSR count). The summed E-state index contributed by atoms with van der Waals surface area (Å²) in [6.07, 6.45) is 10.0. The highest BCUT2D eigenvalue weighted by molar-refractivity contribution is 5.58. The number of nitrogens with one attached hydrogen (secondary N) is 1. The lowest BCUT2D eigenvalue weighted by Gasteiger charge is -2.15. The summed E-state index contributed by atoms with van der Waals surface area (Å²) >= 11 is 0. The smallest absolute Gasteiger partial charge is 0.137 e. The van der Waals surface area contributed by atoms with Crippen molar-refractivity contribution in [3.05, 3.63) is 49.6 Å². The van der Waals surface area contributed by atoms with Gasteiger partial charge in [-0.05, 0) is 26.1 Å². The number of carbonyl (C=O) groups is 1. The van der Waals surface area contributed by atoms with Gasteiger partial charge in [0.2, 0.25) is 0 Å². The second kappa shape index (κ2) is 20.6. The van der Waals surface area contributed by atoms with Crippen molar-refractivity contribution >= 4 is 6.29 Å². The quantitative estimate of drug-likeness (QED) is 0.388. The molecule has 0 aromatic heterocycles. The number of rotatable bonds is 9. The molecule has 0 fully saturated rings. The molecule has 0 aliphatic heterocycles.